The van der Waals surface area contributed by atoms with Gasteiger partial charge in [0.1, 0.15) is 5.82 Å². The van der Waals surface area contributed by atoms with E-state index < -0.39 is 0 Å². The average molecular weight is 245 g/mol. The van der Waals surface area contributed by atoms with Crippen LogP contribution in [0.3, 0.4) is 0 Å². The first-order valence-electron chi connectivity index (χ1n) is 5.83. The molecule has 4 heteroatoms. The quantitative estimate of drug-likeness (QED) is 0.900. The van der Waals surface area contributed by atoms with Crippen molar-refractivity contribution in [2.75, 3.05) is 10.6 Å². The van der Waals surface area contributed by atoms with E-state index in [1.54, 1.807) is 0 Å². The Bertz CT molecular complexity index is 474. The lowest BCUT2D eigenvalue weighted by Gasteiger charge is -2.23. The first kappa shape index (κ1) is 10.6. The number of pyridine rings is 1. The Hall–Kier alpha value is -1.55. The highest BCUT2D eigenvalue weighted by Gasteiger charge is 2.29. The summed E-state index contributed by atoms with van der Waals surface area (Å²) >= 11 is 1.81. The van der Waals surface area contributed by atoms with Gasteiger partial charge in [-0.2, -0.15) is 0 Å². The van der Waals surface area contributed by atoms with Crippen LogP contribution >= 0.6 is 11.3 Å². The lowest BCUT2D eigenvalue weighted by Crippen LogP contribution is -2.24. The fourth-order valence-corrected chi connectivity index (χ4v) is 2.66. The molecule has 1 saturated carbocycles. The van der Waals surface area contributed by atoms with Gasteiger partial charge in [-0.3, -0.25) is 0 Å². The van der Waals surface area contributed by atoms with Gasteiger partial charge >= 0.3 is 0 Å². The molecule has 0 aromatic carbocycles. The Balaban J connectivity index is 1.82. The van der Waals surface area contributed by atoms with Crippen LogP contribution in [0.2, 0.25) is 0 Å². The van der Waals surface area contributed by atoms with Gasteiger partial charge in [-0.15, -0.1) is 11.3 Å². The lowest BCUT2D eigenvalue weighted by molar-refractivity contribution is 0.801. The molecular weight excluding hydrogens is 230 g/mol. The van der Waals surface area contributed by atoms with Crippen molar-refractivity contribution in [3.8, 4) is 0 Å². The highest BCUT2D eigenvalue weighted by Crippen LogP contribution is 2.33. The molecule has 1 fully saturated rings. The van der Waals surface area contributed by atoms with Gasteiger partial charge in [0, 0.05) is 10.9 Å². The number of hydrogen-bond donors (Lipinski definition) is 1. The van der Waals surface area contributed by atoms with Crippen molar-refractivity contribution in [3.05, 3.63) is 40.7 Å². The minimum Gasteiger partial charge on any atom is -0.384 e. The van der Waals surface area contributed by atoms with Gasteiger partial charge in [0.05, 0.1) is 18.4 Å². The SMILES string of the molecule is Nc1ccc(N(Cc2cccs2)C2CC2)cn1. The van der Waals surface area contributed by atoms with Gasteiger partial charge in [-0.05, 0) is 36.4 Å². The Labute approximate surface area is 105 Å². The lowest BCUT2D eigenvalue weighted by atomic mass is 10.3. The van der Waals surface area contributed by atoms with Crippen molar-refractivity contribution in [2.24, 2.45) is 0 Å². The molecule has 0 aliphatic heterocycles. The van der Waals surface area contributed by atoms with Crippen molar-refractivity contribution >= 4 is 22.8 Å². The van der Waals surface area contributed by atoms with E-state index in [1.807, 2.05) is 23.6 Å². The highest BCUT2D eigenvalue weighted by molar-refractivity contribution is 7.09. The predicted molar refractivity (Wildman–Crippen MR) is 72.2 cm³/mol. The summed E-state index contributed by atoms with van der Waals surface area (Å²) in [5.74, 6) is 0.584. The van der Waals surface area contributed by atoms with Crippen LogP contribution in [0.4, 0.5) is 11.5 Å². The van der Waals surface area contributed by atoms with Crippen molar-refractivity contribution in [2.45, 2.75) is 25.4 Å². The molecule has 2 N–H and O–H groups in total. The van der Waals surface area contributed by atoms with Crippen molar-refractivity contribution in [3.63, 3.8) is 0 Å². The maximum atomic E-state index is 5.63. The van der Waals surface area contributed by atoms with Crippen molar-refractivity contribution < 1.29 is 0 Å². The number of thiophene rings is 1. The second-order valence-electron chi connectivity index (χ2n) is 4.38. The largest absolute Gasteiger partial charge is 0.384 e. The smallest absolute Gasteiger partial charge is 0.123 e. The normalized spacial score (nSPS) is 14.8. The number of nitrogens with zero attached hydrogens (tertiary/aromatic N) is 2. The third-order valence-corrected chi connectivity index (χ3v) is 3.86. The molecule has 0 spiro atoms. The first-order chi connectivity index (χ1) is 8.33. The van der Waals surface area contributed by atoms with Crippen LogP contribution in [0.1, 0.15) is 17.7 Å². The molecule has 3 rings (SSSR count). The first-order valence-corrected chi connectivity index (χ1v) is 6.71. The van der Waals surface area contributed by atoms with Gasteiger partial charge in [-0.25, -0.2) is 4.98 Å². The molecule has 2 heterocycles. The molecule has 3 nitrogen and oxygen atoms in total. The number of rotatable bonds is 4. The van der Waals surface area contributed by atoms with Crippen LogP contribution in [0.25, 0.3) is 0 Å². The van der Waals surface area contributed by atoms with Crippen LogP contribution in [0.5, 0.6) is 0 Å². The predicted octanol–water partition coefficient (Wildman–Crippen LogP) is 2.89. The van der Waals surface area contributed by atoms with Gasteiger partial charge in [-0.1, -0.05) is 6.07 Å². The van der Waals surface area contributed by atoms with E-state index in [0.717, 1.165) is 6.54 Å². The van der Waals surface area contributed by atoms with Crippen LogP contribution in [0.15, 0.2) is 35.8 Å². The topological polar surface area (TPSA) is 42.1 Å². The summed E-state index contributed by atoms with van der Waals surface area (Å²) in [7, 11) is 0. The zero-order chi connectivity index (χ0) is 11.7. The zero-order valence-corrected chi connectivity index (χ0v) is 10.4. The van der Waals surface area contributed by atoms with Crippen molar-refractivity contribution in [1.29, 1.82) is 0 Å². The van der Waals surface area contributed by atoms with Gasteiger partial charge < -0.3 is 10.6 Å². The summed E-state index contributed by atoms with van der Waals surface area (Å²) in [6, 6.07) is 8.91. The molecule has 17 heavy (non-hydrogen) atoms. The molecule has 0 atom stereocenters. The van der Waals surface area contributed by atoms with E-state index in [2.05, 4.69) is 33.5 Å². The monoisotopic (exact) mass is 245 g/mol. The molecule has 1 aliphatic rings. The molecule has 1 aliphatic carbocycles. The van der Waals surface area contributed by atoms with Gasteiger partial charge in [0.2, 0.25) is 0 Å². The summed E-state index contributed by atoms with van der Waals surface area (Å²) in [6.07, 6.45) is 4.45. The molecular formula is C13H15N3S. The van der Waals surface area contributed by atoms with Crippen molar-refractivity contribution in [1.82, 2.24) is 4.98 Å². The molecule has 0 bridgehead atoms. The van der Waals surface area contributed by atoms with E-state index in [9.17, 15) is 0 Å². The zero-order valence-electron chi connectivity index (χ0n) is 9.54. The maximum Gasteiger partial charge on any atom is 0.123 e. The van der Waals surface area contributed by atoms with E-state index >= 15 is 0 Å². The summed E-state index contributed by atoms with van der Waals surface area (Å²) in [4.78, 5) is 8.00. The van der Waals surface area contributed by atoms with Crippen LogP contribution in [-0.4, -0.2) is 11.0 Å². The third-order valence-electron chi connectivity index (χ3n) is 3.00. The van der Waals surface area contributed by atoms with E-state index in [0.29, 0.717) is 11.9 Å². The molecule has 0 amide bonds. The fourth-order valence-electron chi connectivity index (χ4n) is 1.96. The Morgan fingerprint density at radius 1 is 1.35 bits per heavy atom. The molecule has 2 aromatic heterocycles. The summed E-state index contributed by atoms with van der Waals surface area (Å²) < 4.78 is 0. The number of nitrogens with two attached hydrogens (primary N) is 1. The van der Waals surface area contributed by atoms with Gasteiger partial charge in [0.15, 0.2) is 0 Å². The fraction of sp³-hybridized carbons (Fsp3) is 0.308. The van der Waals surface area contributed by atoms with Crippen LogP contribution < -0.4 is 10.6 Å². The minimum absolute atomic E-state index is 0.584. The molecule has 0 radical (unpaired) electrons. The van der Waals surface area contributed by atoms with E-state index in [-0.39, 0.29) is 0 Å². The number of nitrogen functional groups attached to an aromatic ring is 1. The Morgan fingerprint density at radius 2 is 2.24 bits per heavy atom. The third kappa shape index (κ3) is 2.42. The molecule has 2 aromatic rings. The second-order valence-corrected chi connectivity index (χ2v) is 5.41. The number of anilines is 2. The minimum atomic E-state index is 0.584. The number of hydrogen-bond acceptors (Lipinski definition) is 4. The Morgan fingerprint density at radius 3 is 2.82 bits per heavy atom. The highest BCUT2D eigenvalue weighted by atomic mass is 32.1. The summed E-state index contributed by atoms with van der Waals surface area (Å²) in [6.45, 7) is 0.980. The summed E-state index contributed by atoms with van der Waals surface area (Å²) in [5, 5.41) is 2.13. The van der Waals surface area contributed by atoms with Gasteiger partial charge in [0.25, 0.3) is 0 Å². The standard InChI is InChI=1S/C13H15N3S/c14-13-6-5-11(8-15-13)16(10-3-4-10)9-12-2-1-7-17-12/h1-2,5-8,10H,3-4,9H2,(H2,14,15). The average Bonchev–Trinajstić information content (AvgIpc) is 3.05. The second kappa shape index (κ2) is 4.37. The number of aromatic nitrogens is 1. The summed E-state index contributed by atoms with van der Waals surface area (Å²) in [5.41, 5.74) is 6.80. The molecule has 0 unspecified atom stereocenters. The Kier molecular flexibility index (Phi) is 2.73. The van der Waals surface area contributed by atoms with Crippen LogP contribution in [-0.2, 0) is 6.54 Å². The van der Waals surface area contributed by atoms with E-state index in [4.69, 9.17) is 5.73 Å². The maximum absolute atomic E-state index is 5.63. The van der Waals surface area contributed by atoms with Crippen LogP contribution in [0, 0.1) is 0 Å². The van der Waals surface area contributed by atoms with E-state index in [1.165, 1.54) is 23.4 Å². The molecule has 88 valence electrons. The molecule has 0 saturated heterocycles.